The predicted molar refractivity (Wildman–Crippen MR) is 78.4 cm³/mol. The van der Waals surface area contributed by atoms with Crippen molar-refractivity contribution >= 4 is 0 Å². The largest absolute Gasteiger partial charge is 0.489 e. The van der Waals surface area contributed by atoms with E-state index in [-0.39, 0.29) is 0 Å². The topological polar surface area (TPSA) is 21.3 Å². The van der Waals surface area contributed by atoms with E-state index >= 15 is 0 Å². The molecule has 0 spiro atoms. The Morgan fingerprint density at radius 2 is 1.63 bits per heavy atom. The number of ether oxygens (including phenoxy) is 1. The van der Waals surface area contributed by atoms with Crippen molar-refractivity contribution in [2.75, 3.05) is 13.1 Å². The predicted octanol–water partition coefficient (Wildman–Crippen LogP) is 3.48. The van der Waals surface area contributed by atoms with E-state index in [0.717, 1.165) is 25.3 Å². The van der Waals surface area contributed by atoms with E-state index < -0.39 is 0 Å². The van der Waals surface area contributed by atoms with Crippen molar-refractivity contribution in [3.63, 3.8) is 0 Å². The molecular weight excluding hydrogens is 234 g/mol. The molecule has 0 aromatic heterocycles. The highest BCUT2D eigenvalue weighted by atomic mass is 16.5. The molecule has 0 saturated carbocycles. The molecular formula is C17H19NO. The van der Waals surface area contributed by atoms with Crippen LogP contribution in [0.5, 0.6) is 5.75 Å². The van der Waals surface area contributed by atoms with E-state index in [2.05, 4.69) is 53.8 Å². The summed E-state index contributed by atoms with van der Waals surface area (Å²) < 4.78 is 5.98. The van der Waals surface area contributed by atoms with E-state index in [0.29, 0.717) is 6.10 Å². The van der Waals surface area contributed by atoms with E-state index in [1.54, 1.807) is 0 Å². The van der Waals surface area contributed by atoms with E-state index in [1.165, 1.54) is 17.5 Å². The van der Waals surface area contributed by atoms with Crippen molar-refractivity contribution in [2.24, 2.45) is 0 Å². The Labute approximate surface area is 114 Å². The first-order chi connectivity index (χ1) is 9.42. The summed E-state index contributed by atoms with van der Waals surface area (Å²) in [6.07, 6.45) is 2.66. The van der Waals surface area contributed by atoms with Gasteiger partial charge >= 0.3 is 0 Å². The highest BCUT2D eigenvalue weighted by Crippen LogP contribution is 2.23. The van der Waals surface area contributed by atoms with Crippen LogP contribution in [-0.4, -0.2) is 19.2 Å². The van der Waals surface area contributed by atoms with Crippen LogP contribution < -0.4 is 10.1 Å². The van der Waals surface area contributed by atoms with Crippen molar-refractivity contribution in [3.8, 4) is 16.9 Å². The van der Waals surface area contributed by atoms with Gasteiger partial charge in [-0.15, -0.1) is 0 Å². The van der Waals surface area contributed by atoms with Crippen LogP contribution >= 0.6 is 0 Å². The molecule has 2 aromatic carbocycles. The maximum atomic E-state index is 5.98. The van der Waals surface area contributed by atoms with Gasteiger partial charge in [0.25, 0.3) is 0 Å². The van der Waals surface area contributed by atoms with E-state index in [9.17, 15) is 0 Å². The minimum atomic E-state index is 0.316. The first-order valence-corrected chi connectivity index (χ1v) is 6.95. The number of hydrogen-bond donors (Lipinski definition) is 1. The first kappa shape index (κ1) is 12.2. The first-order valence-electron chi connectivity index (χ1n) is 6.95. The number of nitrogens with one attached hydrogen (secondary N) is 1. The monoisotopic (exact) mass is 253 g/mol. The van der Waals surface area contributed by atoms with Gasteiger partial charge in [0.1, 0.15) is 11.9 Å². The molecule has 1 aliphatic rings. The summed E-state index contributed by atoms with van der Waals surface area (Å²) in [4.78, 5) is 0. The molecule has 3 rings (SSSR count). The Bertz CT molecular complexity index is 501. The summed E-state index contributed by atoms with van der Waals surface area (Å²) in [6.45, 7) is 2.08. The third-order valence-corrected chi connectivity index (χ3v) is 3.52. The van der Waals surface area contributed by atoms with Gasteiger partial charge in [0, 0.05) is 6.54 Å². The van der Waals surface area contributed by atoms with Crippen molar-refractivity contribution in [2.45, 2.75) is 18.9 Å². The Morgan fingerprint density at radius 3 is 2.32 bits per heavy atom. The van der Waals surface area contributed by atoms with Gasteiger partial charge in [-0.25, -0.2) is 0 Å². The molecule has 2 nitrogen and oxygen atoms in total. The average molecular weight is 253 g/mol. The summed E-state index contributed by atoms with van der Waals surface area (Å²) in [5.41, 5.74) is 2.48. The number of piperidine rings is 1. The van der Waals surface area contributed by atoms with Gasteiger partial charge < -0.3 is 10.1 Å². The van der Waals surface area contributed by atoms with Gasteiger partial charge in [-0.05, 0) is 42.6 Å². The highest BCUT2D eigenvalue weighted by molar-refractivity contribution is 5.63. The molecule has 0 amide bonds. The molecule has 1 atom stereocenters. The Balaban J connectivity index is 1.68. The van der Waals surface area contributed by atoms with Crippen molar-refractivity contribution < 1.29 is 4.74 Å². The van der Waals surface area contributed by atoms with Crippen LogP contribution in [0.1, 0.15) is 12.8 Å². The normalized spacial score (nSPS) is 19.1. The fourth-order valence-electron chi connectivity index (χ4n) is 2.47. The number of hydrogen-bond acceptors (Lipinski definition) is 2. The van der Waals surface area contributed by atoms with Crippen LogP contribution in [0.3, 0.4) is 0 Å². The Kier molecular flexibility index (Phi) is 3.80. The summed E-state index contributed by atoms with van der Waals surface area (Å²) in [7, 11) is 0. The maximum absolute atomic E-state index is 5.98. The Hall–Kier alpha value is -1.80. The lowest BCUT2D eigenvalue weighted by molar-refractivity contribution is 0.167. The van der Waals surface area contributed by atoms with Crippen molar-refractivity contribution in [1.29, 1.82) is 0 Å². The van der Waals surface area contributed by atoms with Crippen LogP contribution in [0, 0.1) is 0 Å². The second-order valence-electron chi connectivity index (χ2n) is 4.98. The van der Waals surface area contributed by atoms with Crippen LogP contribution in [0.2, 0.25) is 0 Å². The van der Waals surface area contributed by atoms with Gasteiger partial charge in [-0.3, -0.25) is 0 Å². The molecule has 2 aromatic rings. The molecule has 1 aliphatic heterocycles. The fourth-order valence-corrected chi connectivity index (χ4v) is 2.47. The minimum absolute atomic E-state index is 0.316. The Morgan fingerprint density at radius 1 is 0.895 bits per heavy atom. The van der Waals surface area contributed by atoms with Crippen LogP contribution in [-0.2, 0) is 0 Å². The number of rotatable bonds is 3. The standard InChI is InChI=1S/C17H19NO/c1-2-5-14(6-3-1)15-8-10-16(11-9-15)19-17-7-4-12-18-13-17/h1-3,5-6,8-11,17-18H,4,7,12-13H2/t17-/m1/s1. The van der Waals surface area contributed by atoms with Gasteiger partial charge in [0.05, 0.1) is 0 Å². The quantitative estimate of drug-likeness (QED) is 0.904. The SMILES string of the molecule is c1ccc(-c2ccc(O[C@@H]3CCCNC3)cc2)cc1. The molecule has 19 heavy (non-hydrogen) atoms. The third kappa shape index (κ3) is 3.15. The van der Waals surface area contributed by atoms with Crippen LogP contribution in [0.4, 0.5) is 0 Å². The smallest absolute Gasteiger partial charge is 0.119 e. The van der Waals surface area contributed by atoms with Gasteiger partial charge in [-0.1, -0.05) is 42.5 Å². The van der Waals surface area contributed by atoms with Crippen LogP contribution in [0.15, 0.2) is 54.6 Å². The zero-order valence-corrected chi connectivity index (χ0v) is 11.0. The zero-order chi connectivity index (χ0) is 12.9. The molecule has 1 fully saturated rings. The summed E-state index contributed by atoms with van der Waals surface area (Å²) >= 11 is 0. The lowest BCUT2D eigenvalue weighted by atomic mass is 10.1. The molecule has 2 heteroatoms. The summed E-state index contributed by atoms with van der Waals surface area (Å²) in [5, 5.41) is 3.37. The van der Waals surface area contributed by atoms with Gasteiger partial charge in [-0.2, -0.15) is 0 Å². The van der Waals surface area contributed by atoms with Crippen molar-refractivity contribution in [1.82, 2.24) is 5.32 Å². The van der Waals surface area contributed by atoms with E-state index in [1.807, 2.05) is 6.07 Å². The molecule has 1 heterocycles. The lowest BCUT2D eigenvalue weighted by Gasteiger charge is -2.24. The third-order valence-electron chi connectivity index (χ3n) is 3.52. The summed E-state index contributed by atoms with van der Waals surface area (Å²) in [5.74, 6) is 0.966. The summed E-state index contributed by atoms with van der Waals surface area (Å²) in [6, 6.07) is 18.8. The molecule has 1 N–H and O–H groups in total. The molecule has 0 unspecified atom stereocenters. The molecule has 0 bridgehead atoms. The van der Waals surface area contributed by atoms with Gasteiger partial charge in [0.15, 0.2) is 0 Å². The number of benzene rings is 2. The lowest BCUT2D eigenvalue weighted by Crippen LogP contribution is -2.37. The second kappa shape index (κ2) is 5.89. The fraction of sp³-hybridized carbons (Fsp3) is 0.294. The highest BCUT2D eigenvalue weighted by Gasteiger charge is 2.14. The molecule has 98 valence electrons. The zero-order valence-electron chi connectivity index (χ0n) is 11.0. The average Bonchev–Trinajstić information content (AvgIpc) is 2.50. The molecule has 1 saturated heterocycles. The van der Waals surface area contributed by atoms with Crippen molar-refractivity contribution in [3.05, 3.63) is 54.6 Å². The second-order valence-corrected chi connectivity index (χ2v) is 4.98. The molecule has 0 radical (unpaired) electrons. The maximum Gasteiger partial charge on any atom is 0.119 e. The van der Waals surface area contributed by atoms with Gasteiger partial charge in [0.2, 0.25) is 0 Å². The van der Waals surface area contributed by atoms with E-state index in [4.69, 9.17) is 4.74 Å². The molecule has 0 aliphatic carbocycles. The minimum Gasteiger partial charge on any atom is -0.489 e. The van der Waals surface area contributed by atoms with Crippen LogP contribution in [0.25, 0.3) is 11.1 Å².